The topological polar surface area (TPSA) is 98.6 Å². The Kier molecular flexibility index (Phi) is 4.23. The quantitative estimate of drug-likeness (QED) is 0.466. The number of hydrogen-bond donors (Lipinski definition) is 1. The van der Waals surface area contributed by atoms with Crippen LogP contribution in [0.25, 0.3) is 28.0 Å². The van der Waals surface area contributed by atoms with Crippen molar-refractivity contribution in [1.82, 2.24) is 14.0 Å². The molecule has 0 unspecified atom stereocenters. The fourth-order valence-corrected chi connectivity index (χ4v) is 4.59. The maximum atomic E-state index is 12.9. The van der Waals surface area contributed by atoms with Crippen molar-refractivity contribution < 1.29 is 12.8 Å². The molecule has 31 heavy (non-hydrogen) atoms. The molecule has 0 fully saturated rings. The largest absolute Gasteiger partial charge is 0.419 e. The molecule has 1 N–H and O–H groups in total. The summed E-state index contributed by atoms with van der Waals surface area (Å²) < 4.78 is 36.8. The summed E-state index contributed by atoms with van der Waals surface area (Å²) in [5.41, 5.74) is 4.57. The Morgan fingerprint density at radius 2 is 1.90 bits per heavy atom. The van der Waals surface area contributed by atoms with Gasteiger partial charge in [-0.05, 0) is 48.9 Å². The van der Waals surface area contributed by atoms with Gasteiger partial charge in [0.1, 0.15) is 5.65 Å². The van der Waals surface area contributed by atoms with E-state index in [2.05, 4.69) is 9.71 Å². The van der Waals surface area contributed by atoms with Gasteiger partial charge in [0, 0.05) is 30.7 Å². The van der Waals surface area contributed by atoms with Gasteiger partial charge in [-0.3, -0.25) is 9.29 Å². The van der Waals surface area contributed by atoms with Gasteiger partial charge in [-0.25, -0.2) is 18.2 Å². The lowest BCUT2D eigenvalue weighted by atomic mass is 10.1. The highest BCUT2D eigenvalue weighted by Crippen LogP contribution is 2.26. The normalized spacial score (nSPS) is 11.9. The first-order valence-corrected chi connectivity index (χ1v) is 11.0. The molecule has 0 bridgehead atoms. The van der Waals surface area contributed by atoms with E-state index < -0.39 is 15.8 Å². The number of sulfonamides is 1. The number of oxazole rings is 1. The number of fused-ring (bicyclic) bond motifs is 2. The van der Waals surface area contributed by atoms with Gasteiger partial charge in [-0.1, -0.05) is 18.2 Å². The molecule has 3 aromatic heterocycles. The molecule has 8 nitrogen and oxygen atoms in total. The molecular formula is C22H18N4O4S. The minimum Gasteiger partial charge on any atom is -0.408 e. The molecule has 0 aliphatic rings. The van der Waals surface area contributed by atoms with Crippen LogP contribution in [0.15, 0.2) is 81.1 Å². The van der Waals surface area contributed by atoms with Crippen molar-refractivity contribution in [3.8, 4) is 11.3 Å². The van der Waals surface area contributed by atoms with Crippen LogP contribution in [-0.4, -0.2) is 22.4 Å². The van der Waals surface area contributed by atoms with E-state index in [4.69, 9.17) is 4.42 Å². The first kappa shape index (κ1) is 19.1. The standard InChI is InChI=1S/C22H18N4O4S/c1-14-5-4-10-26-13-18(23-21(14)26)15-6-3-7-16(11-15)24-31(28,29)17-8-9-20-19(12-17)25(2)22(27)30-20/h3-13,24H,1-2H3. The van der Waals surface area contributed by atoms with E-state index >= 15 is 0 Å². The summed E-state index contributed by atoms with van der Waals surface area (Å²) in [4.78, 5) is 16.4. The van der Waals surface area contributed by atoms with E-state index in [1.165, 1.54) is 29.8 Å². The third-order valence-electron chi connectivity index (χ3n) is 5.16. The van der Waals surface area contributed by atoms with Crippen molar-refractivity contribution in [3.63, 3.8) is 0 Å². The molecule has 9 heteroatoms. The first-order valence-electron chi connectivity index (χ1n) is 9.49. The maximum Gasteiger partial charge on any atom is 0.419 e. The third-order valence-corrected chi connectivity index (χ3v) is 6.54. The lowest BCUT2D eigenvalue weighted by Crippen LogP contribution is -2.13. The molecule has 0 amide bonds. The van der Waals surface area contributed by atoms with Gasteiger partial charge >= 0.3 is 5.76 Å². The third kappa shape index (κ3) is 3.28. The molecule has 2 aromatic carbocycles. The summed E-state index contributed by atoms with van der Waals surface area (Å²) >= 11 is 0. The SMILES string of the molecule is Cc1cccn2cc(-c3cccc(NS(=O)(=O)c4ccc5oc(=O)n(C)c5c4)c3)nc12. The zero-order chi connectivity index (χ0) is 21.8. The van der Waals surface area contributed by atoms with Gasteiger partial charge in [0.25, 0.3) is 10.0 Å². The zero-order valence-corrected chi connectivity index (χ0v) is 17.6. The van der Waals surface area contributed by atoms with Crippen molar-refractivity contribution in [3.05, 3.63) is 83.1 Å². The van der Waals surface area contributed by atoms with Crippen LogP contribution in [0.4, 0.5) is 5.69 Å². The van der Waals surface area contributed by atoms with Gasteiger partial charge in [0.15, 0.2) is 5.58 Å². The number of hydrogen-bond acceptors (Lipinski definition) is 5. The number of imidazole rings is 1. The molecule has 0 atom stereocenters. The Morgan fingerprint density at radius 3 is 2.71 bits per heavy atom. The fraction of sp³-hybridized carbons (Fsp3) is 0.0909. The summed E-state index contributed by atoms with van der Waals surface area (Å²) in [5.74, 6) is -0.548. The van der Waals surface area contributed by atoms with Gasteiger partial charge in [0.2, 0.25) is 0 Å². The summed E-state index contributed by atoms with van der Waals surface area (Å²) in [5, 5.41) is 0. The average molecular weight is 434 g/mol. The smallest absolute Gasteiger partial charge is 0.408 e. The fourth-order valence-electron chi connectivity index (χ4n) is 3.52. The molecule has 0 aliphatic carbocycles. The van der Waals surface area contributed by atoms with Crippen molar-refractivity contribution in [2.24, 2.45) is 7.05 Å². The van der Waals surface area contributed by atoms with Gasteiger partial charge in [0.05, 0.1) is 16.1 Å². The molecule has 5 rings (SSSR count). The summed E-state index contributed by atoms with van der Waals surface area (Å²) in [6.07, 6.45) is 3.83. The number of nitrogens with zero attached hydrogens (tertiary/aromatic N) is 3. The van der Waals surface area contributed by atoms with Gasteiger partial charge in [-0.2, -0.15) is 0 Å². The number of pyridine rings is 1. The zero-order valence-electron chi connectivity index (χ0n) is 16.7. The predicted molar refractivity (Wildman–Crippen MR) is 118 cm³/mol. The summed E-state index contributed by atoms with van der Waals surface area (Å²) in [6.45, 7) is 1.99. The van der Waals surface area contributed by atoms with E-state index in [1.807, 2.05) is 41.9 Å². The maximum absolute atomic E-state index is 12.9. The Hall–Kier alpha value is -3.85. The number of benzene rings is 2. The van der Waals surface area contributed by atoms with Crippen LogP contribution >= 0.6 is 0 Å². The van der Waals surface area contributed by atoms with E-state index in [9.17, 15) is 13.2 Å². The van der Waals surface area contributed by atoms with Crippen molar-refractivity contribution in [2.75, 3.05) is 4.72 Å². The minimum absolute atomic E-state index is 0.0326. The molecule has 5 aromatic rings. The lowest BCUT2D eigenvalue weighted by Gasteiger charge is -2.09. The first-order chi connectivity index (χ1) is 14.8. The average Bonchev–Trinajstić information content (AvgIpc) is 3.30. The monoisotopic (exact) mass is 434 g/mol. The van der Waals surface area contributed by atoms with Crippen molar-refractivity contribution >= 4 is 32.5 Å². The summed E-state index contributed by atoms with van der Waals surface area (Å²) in [6, 6.07) is 15.3. The number of nitrogens with one attached hydrogen (secondary N) is 1. The molecule has 0 spiro atoms. The number of anilines is 1. The van der Waals surface area contributed by atoms with Crippen molar-refractivity contribution in [1.29, 1.82) is 0 Å². The minimum atomic E-state index is -3.88. The molecule has 3 heterocycles. The van der Waals surface area contributed by atoms with Crippen molar-refractivity contribution in [2.45, 2.75) is 11.8 Å². The Labute approximate surface area is 177 Å². The van der Waals surface area contributed by atoms with E-state index in [1.54, 1.807) is 18.2 Å². The van der Waals surface area contributed by atoms with Crippen LogP contribution < -0.4 is 10.5 Å². The molecule has 0 aliphatic heterocycles. The lowest BCUT2D eigenvalue weighted by molar-refractivity contribution is 0.528. The van der Waals surface area contributed by atoms with E-state index in [-0.39, 0.29) is 4.90 Å². The highest BCUT2D eigenvalue weighted by molar-refractivity contribution is 7.92. The number of rotatable bonds is 4. The second kappa shape index (κ2) is 6.85. The van der Waals surface area contributed by atoms with Crippen LogP contribution in [-0.2, 0) is 17.1 Å². The van der Waals surface area contributed by atoms with Gasteiger partial charge in [-0.15, -0.1) is 0 Å². The van der Waals surface area contributed by atoms with Crippen LogP contribution in [0, 0.1) is 6.92 Å². The van der Waals surface area contributed by atoms with Gasteiger partial charge < -0.3 is 8.82 Å². The second-order valence-corrected chi connectivity index (χ2v) is 8.97. The van der Waals surface area contributed by atoms with E-state index in [0.29, 0.717) is 16.8 Å². The summed E-state index contributed by atoms with van der Waals surface area (Å²) in [7, 11) is -2.35. The Morgan fingerprint density at radius 1 is 1.06 bits per heavy atom. The number of aromatic nitrogens is 3. The number of aryl methyl sites for hydroxylation is 2. The molecule has 0 saturated carbocycles. The van der Waals surface area contributed by atoms with Crippen LogP contribution in [0.1, 0.15) is 5.56 Å². The highest BCUT2D eigenvalue weighted by Gasteiger charge is 2.18. The molecule has 156 valence electrons. The van der Waals surface area contributed by atoms with Crippen LogP contribution in [0.2, 0.25) is 0 Å². The van der Waals surface area contributed by atoms with Crippen LogP contribution in [0.5, 0.6) is 0 Å². The van der Waals surface area contributed by atoms with Crippen LogP contribution in [0.3, 0.4) is 0 Å². The molecule has 0 saturated heterocycles. The highest BCUT2D eigenvalue weighted by atomic mass is 32.2. The molecule has 0 radical (unpaired) electrons. The Balaban J connectivity index is 1.50. The van der Waals surface area contributed by atoms with E-state index in [0.717, 1.165) is 22.5 Å². The second-order valence-electron chi connectivity index (χ2n) is 7.29. The molecular weight excluding hydrogens is 416 g/mol. The predicted octanol–water partition coefficient (Wildman–Crippen LogP) is 3.56. The Bertz CT molecular complexity index is 1630.